The molecule has 0 atom stereocenters. The summed E-state index contributed by atoms with van der Waals surface area (Å²) in [5.41, 5.74) is 0. The van der Waals surface area contributed by atoms with Crippen LogP contribution in [0.1, 0.15) is 143 Å². The predicted octanol–water partition coefficient (Wildman–Crippen LogP) is 10.5. The van der Waals surface area contributed by atoms with E-state index in [-0.39, 0.29) is 0 Å². The minimum absolute atomic E-state index is 1.31. The van der Waals surface area contributed by atoms with Gasteiger partial charge in [-0.3, -0.25) is 0 Å². The molecule has 0 saturated heterocycles. The molecule has 0 aliphatic carbocycles. The lowest BCUT2D eigenvalue weighted by Crippen LogP contribution is -2.32. The van der Waals surface area contributed by atoms with Gasteiger partial charge in [0.05, 0.1) is 0 Å². The Hall–Kier alpha value is 0.532. The van der Waals surface area contributed by atoms with Gasteiger partial charge in [0, 0.05) is 0 Å². The van der Waals surface area contributed by atoms with Gasteiger partial charge in [-0.15, -0.1) is 6.92 Å². The predicted molar refractivity (Wildman–Crippen MR) is 131 cm³/mol. The van der Waals surface area contributed by atoms with Gasteiger partial charge in [-0.1, -0.05) is 136 Å². The fourth-order valence-corrected chi connectivity index (χ4v) is 10.7. The van der Waals surface area contributed by atoms with Crippen LogP contribution in [0.15, 0.2) is 0 Å². The zero-order valence-electron chi connectivity index (χ0n) is 20.1. The molecule has 0 radical (unpaired) electrons. The Morgan fingerprint density at radius 1 is 0.333 bits per heavy atom. The molecule has 0 rings (SSSR count). The molecule has 0 N–H and O–H groups in total. The molecule has 0 saturated carbocycles. The van der Waals surface area contributed by atoms with Gasteiger partial charge in [0.2, 0.25) is 0 Å². The first-order chi connectivity index (χ1) is 13.2. The van der Waals surface area contributed by atoms with E-state index >= 15 is 0 Å². The Kier molecular flexibility index (Phi) is 21.7. The van der Waals surface area contributed by atoms with Gasteiger partial charge in [-0.2, -0.15) is 21.1 Å². The van der Waals surface area contributed by atoms with Crippen LogP contribution in [0.25, 0.3) is 0 Å². The molecular weight excluding hydrogens is 339 g/mol. The molecule has 0 unspecified atom stereocenters. The molecule has 0 heterocycles. The molecule has 0 fully saturated rings. The molecule has 0 aliphatic rings. The molecule has 0 spiro atoms. The van der Waals surface area contributed by atoms with Crippen LogP contribution in [0, 0.1) is 0 Å². The Morgan fingerprint density at radius 2 is 0.593 bits per heavy atom. The summed E-state index contributed by atoms with van der Waals surface area (Å²) in [6, 6.07) is 0. The molecule has 0 aromatic heterocycles. The summed E-state index contributed by atoms with van der Waals surface area (Å²) in [6.45, 7) is 9.56. The van der Waals surface area contributed by atoms with Gasteiger partial charge in [-0.05, 0) is 0 Å². The largest absolute Gasteiger partial charge is 0.194 e. The van der Waals surface area contributed by atoms with E-state index in [9.17, 15) is 0 Å². The fourth-order valence-electron chi connectivity index (χ4n) is 5.12. The second-order valence-corrected chi connectivity index (χ2v) is 15.8. The highest BCUT2D eigenvalue weighted by Gasteiger charge is 2.25. The molecule has 0 bridgehead atoms. The summed E-state index contributed by atoms with van der Waals surface area (Å²) in [5.74, 6) is 0. The zero-order chi connectivity index (χ0) is 20.1. The van der Waals surface area contributed by atoms with E-state index in [1.807, 2.05) is 0 Å². The van der Waals surface area contributed by atoms with Gasteiger partial charge >= 0.3 is 0 Å². The Morgan fingerprint density at radius 3 is 0.852 bits per heavy atom. The van der Waals surface area contributed by atoms with Crippen molar-refractivity contribution in [3.05, 3.63) is 0 Å². The third kappa shape index (κ3) is 17.1. The lowest BCUT2D eigenvalue weighted by Gasteiger charge is -2.36. The summed E-state index contributed by atoms with van der Waals surface area (Å²) in [4.78, 5) is 0. The van der Waals surface area contributed by atoms with Crippen LogP contribution < -0.4 is 0 Å². The maximum Gasteiger partial charge on any atom is 0.134 e. The summed E-state index contributed by atoms with van der Waals surface area (Å²) >= 11 is -1.31. The van der Waals surface area contributed by atoms with Gasteiger partial charge in [0.1, 0.15) is 13.1 Å². The van der Waals surface area contributed by atoms with Crippen molar-refractivity contribution in [1.29, 1.82) is 0 Å². The Balaban J connectivity index is 4.23. The van der Waals surface area contributed by atoms with E-state index in [0.29, 0.717) is 0 Å². The Labute approximate surface area is 177 Å². The van der Waals surface area contributed by atoms with Crippen LogP contribution in [0.5, 0.6) is 0 Å². The third-order valence-electron chi connectivity index (χ3n) is 7.38. The lowest BCUT2D eigenvalue weighted by atomic mass is 10.1. The number of hydrogen-bond acceptors (Lipinski definition) is 0. The number of hydrogen-bond donors (Lipinski definition) is 0. The highest BCUT2D eigenvalue weighted by molar-refractivity contribution is 6.79. The van der Waals surface area contributed by atoms with Crippen molar-refractivity contribution >= 4 is 13.1 Å². The van der Waals surface area contributed by atoms with Crippen LogP contribution in [-0.4, -0.2) is 13.1 Å². The first-order valence-electron chi connectivity index (χ1n) is 13.5. The third-order valence-corrected chi connectivity index (χ3v) is 14.0. The molecule has 27 heavy (non-hydrogen) atoms. The minimum atomic E-state index is -1.31. The summed E-state index contributed by atoms with van der Waals surface area (Å²) < 4.78 is 0. The van der Waals surface area contributed by atoms with Crippen LogP contribution in [0.2, 0.25) is 21.1 Å². The van der Waals surface area contributed by atoms with Crippen molar-refractivity contribution in [2.24, 2.45) is 0 Å². The quantitative estimate of drug-likeness (QED) is 0.126. The highest BCUT2D eigenvalue weighted by Crippen LogP contribution is 2.33. The molecule has 0 aromatic rings. The molecule has 0 aromatic carbocycles. The second-order valence-electron chi connectivity index (χ2n) is 9.81. The van der Waals surface area contributed by atoms with Gasteiger partial charge in [0.25, 0.3) is 0 Å². The van der Waals surface area contributed by atoms with Crippen molar-refractivity contribution in [2.75, 3.05) is 0 Å². The minimum Gasteiger partial charge on any atom is -0.194 e. The van der Waals surface area contributed by atoms with E-state index in [0.717, 1.165) is 0 Å². The SMILES string of the molecule is CCCCCCC[CH2][Al-]([CH2]C)([CH2]CCCCCCC)[CH2]CCCCCCC. The molecular formula is C26H56Al-. The van der Waals surface area contributed by atoms with Crippen LogP contribution in [0.3, 0.4) is 0 Å². The fraction of sp³-hybridized carbons (Fsp3) is 1.00. The van der Waals surface area contributed by atoms with E-state index < -0.39 is 13.1 Å². The molecule has 0 nitrogen and oxygen atoms in total. The van der Waals surface area contributed by atoms with E-state index in [1.165, 1.54) is 96.3 Å². The zero-order valence-corrected chi connectivity index (χ0v) is 21.3. The first kappa shape index (κ1) is 27.5. The van der Waals surface area contributed by atoms with Crippen molar-refractivity contribution in [2.45, 2.75) is 164 Å². The second kappa shape index (κ2) is 21.2. The van der Waals surface area contributed by atoms with Crippen molar-refractivity contribution in [3.63, 3.8) is 0 Å². The molecule has 0 amide bonds. The van der Waals surface area contributed by atoms with Gasteiger partial charge in [-0.25, -0.2) is 0 Å². The smallest absolute Gasteiger partial charge is 0.134 e. The molecule has 1 heteroatoms. The summed E-state index contributed by atoms with van der Waals surface area (Å²) in [5, 5.41) is 6.63. The van der Waals surface area contributed by atoms with Crippen LogP contribution in [-0.2, 0) is 0 Å². The summed E-state index contributed by atoms with van der Waals surface area (Å²) in [7, 11) is 0. The molecule has 0 aliphatic heterocycles. The van der Waals surface area contributed by atoms with Crippen molar-refractivity contribution in [1.82, 2.24) is 0 Å². The van der Waals surface area contributed by atoms with Crippen LogP contribution in [0.4, 0.5) is 0 Å². The topological polar surface area (TPSA) is 0 Å². The monoisotopic (exact) mass is 395 g/mol. The number of rotatable bonds is 22. The van der Waals surface area contributed by atoms with E-state index in [2.05, 4.69) is 27.7 Å². The van der Waals surface area contributed by atoms with Crippen molar-refractivity contribution < 1.29 is 0 Å². The highest BCUT2D eigenvalue weighted by atomic mass is 27.2. The first-order valence-corrected chi connectivity index (χ1v) is 16.7. The van der Waals surface area contributed by atoms with E-state index in [1.54, 1.807) is 40.4 Å². The average Bonchev–Trinajstić information content (AvgIpc) is 2.69. The maximum absolute atomic E-state index is 2.57. The van der Waals surface area contributed by atoms with Gasteiger partial charge < -0.3 is 0 Å². The van der Waals surface area contributed by atoms with E-state index in [4.69, 9.17) is 0 Å². The summed E-state index contributed by atoms with van der Waals surface area (Å²) in [6.07, 6.45) is 26.7. The number of unbranched alkanes of at least 4 members (excludes halogenated alkanes) is 15. The normalized spacial score (nSPS) is 12.0. The van der Waals surface area contributed by atoms with Crippen molar-refractivity contribution in [3.8, 4) is 0 Å². The van der Waals surface area contributed by atoms with Crippen LogP contribution >= 0.6 is 0 Å². The van der Waals surface area contributed by atoms with Gasteiger partial charge in [0.15, 0.2) is 0 Å². The molecule has 164 valence electrons. The maximum atomic E-state index is 2.57. The standard InChI is InChI=1S/3C8H17.C2H5.Al/c3*1-3-5-7-8-6-4-2;1-2;/h3*1,3-8H2,2H3;1H2,2H3;/q;;;;-1. The average molecular weight is 396 g/mol. The lowest BCUT2D eigenvalue weighted by molar-refractivity contribution is 0.605. The Bertz CT molecular complexity index is 233.